The van der Waals surface area contributed by atoms with E-state index in [1.807, 2.05) is 13.8 Å². The largest absolute Gasteiger partial charge is 0.371 e. The molecule has 5 heteroatoms. The molecule has 1 aromatic rings. The predicted octanol–water partition coefficient (Wildman–Crippen LogP) is 2.72. The van der Waals surface area contributed by atoms with Crippen LogP contribution in [0.15, 0.2) is 4.52 Å². The average molecular weight is 269 g/mol. The molecular formula is C14H27N3O2. The fourth-order valence-electron chi connectivity index (χ4n) is 2.19. The summed E-state index contributed by atoms with van der Waals surface area (Å²) in [6.07, 6.45) is 2.80. The second kappa shape index (κ2) is 8.27. The molecule has 1 rings (SSSR count). The molecule has 0 fully saturated rings. The van der Waals surface area contributed by atoms with Crippen LogP contribution < -0.4 is 5.73 Å². The van der Waals surface area contributed by atoms with E-state index >= 15 is 0 Å². The van der Waals surface area contributed by atoms with E-state index in [-0.39, 0.29) is 6.10 Å². The van der Waals surface area contributed by atoms with Gasteiger partial charge in [-0.3, -0.25) is 0 Å². The Bertz CT molecular complexity index is 352. The zero-order valence-corrected chi connectivity index (χ0v) is 12.6. The van der Waals surface area contributed by atoms with Gasteiger partial charge in [0, 0.05) is 13.0 Å². The van der Waals surface area contributed by atoms with Gasteiger partial charge in [0.25, 0.3) is 0 Å². The van der Waals surface area contributed by atoms with Gasteiger partial charge in [0.15, 0.2) is 5.82 Å². The van der Waals surface area contributed by atoms with Gasteiger partial charge in [-0.15, -0.1) is 0 Å². The molecule has 2 N–H and O–H groups in total. The normalized spacial score (nSPS) is 14.8. The number of ether oxygens (including phenoxy) is 1. The van der Waals surface area contributed by atoms with E-state index < -0.39 is 0 Å². The summed E-state index contributed by atoms with van der Waals surface area (Å²) in [5.41, 5.74) is 5.65. The Kier molecular flexibility index (Phi) is 7.02. The lowest BCUT2D eigenvalue weighted by molar-refractivity contribution is 0.0683. The van der Waals surface area contributed by atoms with Crippen molar-refractivity contribution in [2.45, 2.75) is 53.1 Å². The zero-order valence-electron chi connectivity index (χ0n) is 12.6. The van der Waals surface area contributed by atoms with Crippen LogP contribution in [0, 0.1) is 11.8 Å². The zero-order chi connectivity index (χ0) is 14.3. The van der Waals surface area contributed by atoms with Crippen LogP contribution in [0.4, 0.5) is 0 Å². The number of aromatic nitrogens is 2. The van der Waals surface area contributed by atoms with Crippen LogP contribution in [0.2, 0.25) is 0 Å². The van der Waals surface area contributed by atoms with Gasteiger partial charge >= 0.3 is 0 Å². The monoisotopic (exact) mass is 269 g/mol. The second-order valence-corrected chi connectivity index (χ2v) is 5.26. The molecule has 0 saturated carbocycles. The molecule has 1 heterocycles. The maximum atomic E-state index is 5.65. The Morgan fingerprint density at radius 3 is 2.58 bits per heavy atom. The highest BCUT2D eigenvalue weighted by molar-refractivity contribution is 4.90. The lowest BCUT2D eigenvalue weighted by atomic mass is 9.88. The van der Waals surface area contributed by atoms with Crippen LogP contribution in [-0.4, -0.2) is 23.3 Å². The van der Waals surface area contributed by atoms with Crippen LogP contribution in [0.25, 0.3) is 0 Å². The molecular weight excluding hydrogens is 242 g/mol. The summed E-state index contributed by atoms with van der Waals surface area (Å²) in [5, 5.41) is 3.97. The summed E-state index contributed by atoms with van der Waals surface area (Å²) in [7, 11) is 0. The number of hydrogen-bond donors (Lipinski definition) is 1. The highest BCUT2D eigenvalue weighted by Gasteiger charge is 2.17. The van der Waals surface area contributed by atoms with Crippen molar-refractivity contribution in [1.29, 1.82) is 0 Å². The van der Waals surface area contributed by atoms with E-state index in [1.165, 1.54) is 0 Å². The molecule has 0 bridgehead atoms. The summed E-state index contributed by atoms with van der Waals surface area (Å²) in [4.78, 5) is 4.39. The first-order chi connectivity index (χ1) is 9.08. The van der Waals surface area contributed by atoms with Crippen molar-refractivity contribution in [3.63, 3.8) is 0 Å². The molecule has 110 valence electrons. The Labute approximate surface area is 115 Å². The minimum absolute atomic E-state index is 0.104. The SMILES string of the molecule is CCOC(C)c1noc(CCC(CCN)C(C)C)n1. The molecule has 5 nitrogen and oxygen atoms in total. The van der Waals surface area contributed by atoms with Crippen molar-refractivity contribution < 1.29 is 9.26 Å². The fraction of sp³-hybridized carbons (Fsp3) is 0.857. The molecule has 19 heavy (non-hydrogen) atoms. The number of aryl methyl sites for hydroxylation is 1. The van der Waals surface area contributed by atoms with Crippen LogP contribution >= 0.6 is 0 Å². The third-order valence-corrected chi connectivity index (χ3v) is 3.47. The molecule has 0 aliphatic rings. The van der Waals surface area contributed by atoms with Gasteiger partial charge in [-0.25, -0.2) is 0 Å². The maximum absolute atomic E-state index is 5.65. The molecule has 0 aromatic carbocycles. The molecule has 0 aliphatic heterocycles. The summed E-state index contributed by atoms with van der Waals surface area (Å²) < 4.78 is 10.7. The summed E-state index contributed by atoms with van der Waals surface area (Å²) in [5.74, 6) is 2.58. The summed E-state index contributed by atoms with van der Waals surface area (Å²) >= 11 is 0. The molecule has 0 amide bonds. The number of hydrogen-bond acceptors (Lipinski definition) is 5. The van der Waals surface area contributed by atoms with Gasteiger partial charge in [0.2, 0.25) is 5.89 Å². The van der Waals surface area contributed by atoms with Gasteiger partial charge in [-0.1, -0.05) is 19.0 Å². The molecule has 2 atom stereocenters. The molecule has 1 aromatic heterocycles. The molecule has 0 spiro atoms. The highest BCUT2D eigenvalue weighted by atomic mass is 16.5. The molecule has 2 unspecified atom stereocenters. The van der Waals surface area contributed by atoms with E-state index in [4.69, 9.17) is 15.0 Å². The first kappa shape index (κ1) is 16.1. The summed E-state index contributed by atoms with van der Waals surface area (Å²) in [6.45, 7) is 9.74. The van der Waals surface area contributed by atoms with E-state index in [0.29, 0.717) is 30.2 Å². The number of nitrogens with two attached hydrogens (primary N) is 1. The second-order valence-electron chi connectivity index (χ2n) is 5.26. The number of nitrogens with zero attached hydrogens (tertiary/aromatic N) is 2. The Hall–Kier alpha value is -0.940. The third kappa shape index (κ3) is 5.28. The fourth-order valence-corrected chi connectivity index (χ4v) is 2.19. The highest BCUT2D eigenvalue weighted by Crippen LogP contribution is 2.21. The first-order valence-corrected chi connectivity index (χ1v) is 7.22. The minimum atomic E-state index is -0.104. The van der Waals surface area contributed by atoms with Crippen molar-refractivity contribution in [2.75, 3.05) is 13.2 Å². The van der Waals surface area contributed by atoms with Gasteiger partial charge in [-0.05, 0) is 45.1 Å². The Morgan fingerprint density at radius 2 is 2.00 bits per heavy atom. The maximum Gasteiger partial charge on any atom is 0.226 e. The van der Waals surface area contributed by atoms with Crippen LogP contribution in [0.5, 0.6) is 0 Å². The average Bonchev–Trinajstić information content (AvgIpc) is 2.83. The van der Waals surface area contributed by atoms with E-state index in [2.05, 4.69) is 24.0 Å². The van der Waals surface area contributed by atoms with Crippen LogP contribution in [0.1, 0.15) is 58.4 Å². The molecule has 0 radical (unpaired) electrons. The Morgan fingerprint density at radius 1 is 1.26 bits per heavy atom. The van der Waals surface area contributed by atoms with Crippen molar-refractivity contribution in [3.05, 3.63) is 11.7 Å². The number of rotatable bonds is 9. The van der Waals surface area contributed by atoms with E-state index in [0.717, 1.165) is 25.8 Å². The topological polar surface area (TPSA) is 74.2 Å². The van der Waals surface area contributed by atoms with E-state index in [1.54, 1.807) is 0 Å². The summed E-state index contributed by atoms with van der Waals surface area (Å²) in [6, 6.07) is 0. The standard InChI is InChI=1S/C14H27N3O2/c1-5-18-11(4)14-16-13(19-17-14)7-6-12(8-9-15)10(2)3/h10-12H,5-9,15H2,1-4H3. The lowest BCUT2D eigenvalue weighted by Gasteiger charge is -2.18. The van der Waals surface area contributed by atoms with Gasteiger partial charge in [0.05, 0.1) is 0 Å². The van der Waals surface area contributed by atoms with Crippen molar-refractivity contribution in [3.8, 4) is 0 Å². The predicted molar refractivity (Wildman–Crippen MR) is 74.7 cm³/mol. The first-order valence-electron chi connectivity index (χ1n) is 7.22. The molecule has 0 aliphatic carbocycles. The van der Waals surface area contributed by atoms with Crippen molar-refractivity contribution in [2.24, 2.45) is 17.6 Å². The van der Waals surface area contributed by atoms with Crippen LogP contribution in [-0.2, 0) is 11.2 Å². The van der Waals surface area contributed by atoms with Gasteiger partial charge in [0.1, 0.15) is 6.10 Å². The van der Waals surface area contributed by atoms with E-state index in [9.17, 15) is 0 Å². The third-order valence-electron chi connectivity index (χ3n) is 3.47. The van der Waals surface area contributed by atoms with Crippen molar-refractivity contribution in [1.82, 2.24) is 10.1 Å². The molecule has 0 saturated heterocycles. The Balaban J connectivity index is 2.49. The van der Waals surface area contributed by atoms with Gasteiger partial charge < -0.3 is 15.0 Å². The smallest absolute Gasteiger partial charge is 0.226 e. The van der Waals surface area contributed by atoms with Crippen LogP contribution in [0.3, 0.4) is 0 Å². The van der Waals surface area contributed by atoms with Crippen molar-refractivity contribution >= 4 is 0 Å². The quantitative estimate of drug-likeness (QED) is 0.746. The lowest BCUT2D eigenvalue weighted by Crippen LogP contribution is -2.15. The minimum Gasteiger partial charge on any atom is -0.371 e. The van der Waals surface area contributed by atoms with Gasteiger partial charge in [-0.2, -0.15) is 4.98 Å².